The van der Waals surface area contributed by atoms with E-state index in [1.165, 1.54) is 6.20 Å². The lowest BCUT2D eigenvalue weighted by atomic mass is 10.1. The summed E-state index contributed by atoms with van der Waals surface area (Å²) in [5.74, 6) is -0.182. The number of amidine groups is 1. The van der Waals surface area contributed by atoms with Crippen LogP contribution < -0.4 is 20.6 Å². The van der Waals surface area contributed by atoms with E-state index in [1.54, 1.807) is 71.6 Å². The predicted octanol–water partition coefficient (Wildman–Crippen LogP) is 2.83. The number of nitrogen functional groups attached to an aromatic ring is 1. The Kier molecular flexibility index (Phi) is 6.03. The van der Waals surface area contributed by atoms with E-state index in [4.69, 9.17) is 20.6 Å². The van der Waals surface area contributed by atoms with Gasteiger partial charge in [-0.3, -0.25) is 15.2 Å². The molecule has 0 atom stereocenters. The quantitative estimate of drug-likeness (QED) is 0.216. The third-order valence-corrected chi connectivity index (χ3v) is 4.93. The number of carbonyl (C=O) groups is 1. The lowest BCUT2D eigenvalue weighted by molar-refractivity contribution is 0.0695. The zero-order valence-electron chi connectivity index (χ0n) is 17.4. The van der Waals surface area contributed by atoms with E-state index in [9.17, 15) is 14.7 Å². The minimum atomic E-state index is -1.29. The molecule has 0 saturated carbocycles. The molecule has 2 heterocycles. The number of nitrogens with two attached hydrogens (primary N) is 1. The lowest BCUT2D eigenvalue weighted by Gasteiger charge is -2.14. The maximum atomic E-state index is 12.7. The van der Waals surface area contributed by atoms with Gasteiger partial charge in [-0.1, -0.05) is 0 Å². The zero-order valence-corrected chi connectivity index (χ0v) is 17.4. The van der Waals surface area contributed by atoms with Crippen molar-refractivity contribution < 1.29 is 19.4 Å². The van der Waals surface area contributed by atoms with Crippen LogP contribution in [0.4, 0.5) is 0 Å². The van der Waals surface area contributed by atoms with E-state index in [-0.39, 0.29) is 30.0 Å². The zero-order chi connectivity index (χ0) is 23.4. The maximum Gasteiger partial charge on any atom is 0.341 e. The topological polar surface area (TPSA) is 141 Å². The van der Waals surface area contributed by atoms with Crippen LogP contribution in [0.15, 0.2) is 78.0 Å². The number of benzene rings is 2. The highest BCUT2D eigenvalue weighted by Crippen LogP contribution is 2.23. The van der Waals surface area contributed by atoms with Gasteiger partial charge in [0.15, 0.2) is 0 Å². The number of ether oxygens (including phenoxy) is 2. The predicted molar refractivity (Wildman–Crippen MR) is 123 cm³/mol. The van der Waals surface area contributed by atoms with Gasteiger partial charge in [0.1, 0.15) is 36.1 Å². The number of aromatic carboxylic acids is 1. The smallest absolute Gasteiger partial charge is 0.341 e. The van der Waals surface area contributed by atoms with Gasteiger partial charge < -0.3 is 24.9 Å². The van der Waals surface area contributed by atoms with Gasteiger partial charge in [0.2, 0.25) is 5.43 Å². The summed E-state index contributed by atoms with van der Waals surface area (Å²) < 4.78 is 13.1. The summed E-state index contributed by atoms with van der Waals surface area (Å²) in [5, 5.41) is 17.1. The van der Waals surface area contributed by atoms with Gasteiger partial charge in [0, 0.05) is 41.3 Å². The van der Waals surface area contributed by atoms with E-state index >= 15 is 0 Å². The molecule has 0 fully saturated rings. The van der Waals surface area contributed by atoms with E-state index in [0.717, 1.165) is 0 Å². The fourth-order valence-electron chi connectivity index (χ4n) is 3.32. The minimum absolute atomic E-state index is 0.0121. The summed E-state index contributed by atoms with van der Waals surface area (Å²) in [6.07, 6.45) is 4.47. The molecule has 9 nitrogen and oxygen atoms in total. The van der Waals surface area contributed by atoms with Gasteiger partial charge in [-0.15, -0.1) is 0 Å². The van der Waals surface area contributed by atoms with Crippen LogP contribution in [0.3, 0.4) is 0 Å². The third kappa shape index (κ3) is 4.67. The summed E-state index contributed by atoms with van der Waals surface area (Å²) >= 11 is 0. The highest BCUT2D eigenvalue weighted by atomic mass is 16.5. The number of carboxylic acid groups (broad SMARTS) is 1. The Balaban J connectivity index is 1.55. The monoisotopic (exact) mass is 444 g/mol. The molecule has 0 saturated heterocycles. The van der Waals surface area contributed by atoms with E-state index in [1.807, 2.05) is 0 Å². The SMILES string of the molecule is N=C(N)c1ccc(OCCOc2ccc3c(=O)c(C(=O)O)cn(-c4ccncc4)c3c2)cc1. The standard InChI is InChI=1S/C24H20N4O5/c25-23(26)15-1-3-17(4-2-15)32-11-12-33-18-5-6-19-21(13-18)28(16-7-9-27-10-8-16)14-20(22(19)29)24(30)31/h1-10,13-14H,11-12H2,(H3,25,26)(H,30,31). The minimum Gasteiger partial charge on any atom is -0.490 e. The number of pyridine rings is 2. The highest BCUT2D eigenvalue weighted by molar-refractivity contribution is 5.95. The molecule has 4 aromatic rings. The fourth-order valence-corrected chi connectivity index (χ4v) is 3.32. The van der Waals surface area contributed by atoms with Crippen LogP contribution >= 0.6 is 0 Å². The molecule has 4 N–H and O–H groups in total. The second kappa shape index (κ2) is 9.23. The van der Waals surface area contributed by atoms with Crippen LogP contribution in [0.25, 0.3) is 16.6 Å². The Morgan fingerprint density at radius 2 is 1.64 bits per heavy atom. The Hall–Kier alpha value is -4.66. The van der Waals surface area contributed by atoms with Crippen molar-refractivity contribution in [2.45, 2.75) is 0 Å². The maximum absolute atomic E-state index is 12.7. The summed E-state index contributed by atoms with van der Waals surface area (Å²) in [6, 6.07) is 15.1. The average Bonchev–Trinajstić information content (AvgIpc) is 2.82. The number of nitrogens with one attached hydrogen (secondary N) is 1. The van der Waals surface area contributed by atoms with Crippen molar-refractivity contribution in [3.8, 4) is 17.2 Å². The van der Waals surface area contributed by atoms with Crippen molar-refractivity contribution in [2.24, 2.45) is 5.73 Å². The second-order valence-corrected chi connectivity index (χ2v) is 7.07. The van der Waals surface area contributed by atoms with Gasteiger partial charge in [-0.2, -0.15) is 0 Å². The average molecular weight is 444 g/mol. The second-order valence-electron chi connectivity index (χ2n) is 7.07. The van der Waals surface area contributed by atoms with Gasteiger partial charge in [-0.25, -0.2) is 4.79 Å². The van der Waals surface area contributed by atoms with Crippen molar-refractivity contribution in [1.82, 2.24) is 9.55 Å². The van der Waals surface area contributed by atoms with Crippen LogP contribution in [-0.4, -0.2) is 39.7 Å². The first-order valence-corrected chi connectivity index (χ1v) is 9.97. The van der Waals surface area contributed by atoms with Crippen molar-refractivity contribution in [2.75, 3.05) is 13.2 Å². The largest absolute Gasteiger partial charge is 0.490 e. The number of hydrogen-bond acceptors (Lipinski definition) is 6. The van der Waals surface area contributed by atoms with Gasteiger partial charge >= 0.3 is 5.97 Å². The molecule has 9 heteroatoms. The Labute approximate surface area is 188 Å². The fraction of sp³-hybridized carbons (Fsp3) is 0.0833. The normalized spacial score (nSPS) is 10.7. The van der Waals surface area contributed by atoms with Crippen LogP contribution in [0, 0.1) is 5.41 Å². The molecule has 0 unspecified atom stereocenters. The molecular formula is C24H20N4O5. The number of carboxylic acids is 1. The molecule has 0 aliphatic rings. The molecule has 0 radical (unpaired) electrons. The summed E-state index contributed by atoms with van der Waals surface area (Å²) in [7, 11) is 0. The van der Waals surface area contributed by atoms with Crippen molar-refractivity contribution >= 4 is 22.7 Å². The van der Waals surface area contributed by atoms with Crippen LogP contribution in [0.5, 0.6) is 11.5 Å². The van der Waals surface area contributed by atoms with Crippen molar-refractivity contribution in [3.05, 3.63) is 94.5 Å². The third-order valence-electron chi connectivity index (χ3n) is 4.93. The molecule has 0 amide bonds. The number of rotatable bonds is 8. The first kappa shape index (κ1) is 21.6. The Bertz CT molecular complexity index is 1380. The lowest BCUT2D eigenvalue weighted by Crippen LogP contribution is -2.18. The Morgan fingerprint density at radius 1 is 1.00 bits per heavy atom. The molecule has 2 aromatic carbocycles. The molecular weight excluding hydrogens is 424 g/mol. The number of fused-ring (bicyclic) bond motifs is 1. The van der Waals surface area contributed by atoms with Crippen molar-refractivity contribution in [1.29, 1.82) is 5.41 Å². The Morgan fingerprint density at radius 3 is 2.27 bits per heavy atom. The van der Waals surface area contributed by atoms with Crippen LogP contribution in [-0.2, 0) is 0 Å². The number of aromatic nitrogens is 2. The molecule has 0 aliphatic heterocycles. The van der Waals surface area contributed by atoms with Crippen LogP contribution in [0.2, 0.25) is 0 Å². The molecule has 4 rings (SSSR count). The molecule has 0 aliphatic carbocycles. The summed E-state index contributed by atoms with van der Waals surface area (Å²) in [6.45, 7) is 0.513. The summed E-state index contributed by atoms with van der Waals surface area (Å²) in [5.41, 5.74) is 6.33. The molecule has 166 valence electrons. The van der Waals surface area contributed by atoms with Crippen molar-refractivity contribution in [3.63, 3.8) is 0 Å². The molecule has 33 heavy (non-hydrogen) atoms. The molecule has 0 spiro atoms. The van der Waals surface area contributed by atoms with E-state index in [0.29, 0.717) is 28.3 Å². The number of hydrogen-bond donors (Lipinski definition) is 3. The number of nitrogens with zero attached hydrogens (tertiary/aromatic N) is 2. The van der Waals surface area contributed by atoms with Gasteiger partial charge in [0.05, 0.1) is 5.52 Å². The van der Waals surface area contributed by atoms with E-state index < -0.39 is 11.4 Å². The highest BCUT2D eigenvalue weighted by Gasteiger charge is 2.16. The first-order valence-electron chi connectivity index (χ1n) is 9.97. The van der Waals surface area contributed by atoms with Gasteiger partial charge in [0.25, 0.3) is 0 Å². The molecule has 0 bridgehead atoms. The first-order chi connectivity index (χ1) is 15.9. The molecule has 2 aromatic heterocycles. The van der Waals surface area contributed by atoms with Gasteiger partial charge in [-0.05, 0) is 48.5 Å². The van der Waals surface area contributed by atoms with Crippen LogP contribution in [0.1, 0.15) is 15.9 Å². The van der Waals surface area contributed by atoms with E-state index in [2.05, 4.69) is 4.98 Å². The summed E-state index contributed by atoms with van der Waals surface area (Å²) in [4.78, 5) is 28.2.